The summed E-state index contributed by atoms with van der Waals surface area (Å²) in [5.41, 5.74) is 2.36. The number of hydrogen-bond acceptors (Lipinski definition) is 6. The maximum Gasteiger partial charge on any atom is 0.192 e. The van der Waals surface area contributed by atoms with Crippen LogP contribution in [-0.4, -0.2) is 24.8 Å². The number of nitrogens with zero attached hydrogens (tertiary/aromatic N) is 5. The fourth-order valence-corrected chi connectivity index (χ4v) is 3.18. The van der Waals surface area contributed by atoms with Gasteiger partial charge in [0.15, 0.2) is 17.3 Å². The Labute approximate surface area is 170 Å². The van der Waals surface area contributed by atoms with Gasteiger partial charge >= 0.3 is 0 Å². The molecule has 0 spiro atoms. The van der Waals surface area contributed by atoms with Crippen LogP contribution in [0.4, 0.5) is 11.5 Å². The Morgan fingerprint density at radius 1 is 0.966 bits per heavy atom. The largest absolute Gasteiger partial charge is 0.485 e. The first-order chi connectivity index (χ1) is 14.2. The average Bonchev–Trinajstić information content (AvgIpc) is 3.14. The maximum absolute atomic E-state index is 6.04. The van der Waals surface area contributed by atoms with Gasteiger partial charge in [0.1, 0.15) is 12.4 Å². The van der Waals surface area contributed by atoms with Crippen molar-refractivity contribution < 1.29 is 4.74 Å². The third-order valence-electron chi connectivity index (χ3n) is 4.37. The molecule has 0 aliphatic rings. The van der Waals surface area contributed by atoms with Gasteiger partial charge in [-0.25, -0.2) is 0 Å². The molecule has 7 nitrogen and oxygen atoms in total. The van der Waals surface area contributed by atoms with Crippen LogP contribution in [0.5, 0.6) is 5.75 Å². The van der Waals surface area contributed by atoms with Crippen molar-refractivity contribution in [2.75, 3.05) is 5.32 Å². The van der Waals surface area contributed by atoms with E-state index >= 15 is 0 Å². The molecule has 5 rings (SSSR count). The van der Waals surface area contributed by atoms with E-state index in [1.54, 1.807) is 10.7 Å². The molecule has 0 saturated heterocycles. The molecule has 3 heterocycles. The number of nitrogens with one attached hydrogen (secondary N) is 1. The molecule has 2 aromatic carbocycles. The van der Waals surface area contributed by atoms with Crippen LogP contribution in [0.1, 0.15) is 5.82 Å². The van der Waals surface area contributed by atoms with Crippen LogP contribution >= 0.6 is 11.6 Å². The summed E-state index contributed by atoms with van der Waals surface area (Å²) < 4.78 is 7.56. The Hall–Kier alpha value is -3.71. The van der Waals surface area contributed by atoms with Crippen LogP contribution in [0.2, 0.25) is 5.02 Å². The molecule has 8 heteroatoms. The number of pyridine rings is 1. The Bertz CT molecular complexity index is 1320. The number of rotatable bonds is 5. The van der Waals surface area contributed by atoms with E-state index < -0.39 is 0 Å². The van der Waals surface area contributed by atoms with Crippen LogP contribution in [0.15, 0.2) is 72.9 Å². The van der Waals surface area contributed by atoms with Crippen LogP contribution in [0, 0.1) is 0 Å². The lowest BCUT2D eigenvalue weighted by Gasteiger charge is -2.08. The van der Waals surface area contributed by atoms with Crippen molar-refractivity contribution in [2.45, 2.75) is 6.61 Å². The molecule has 0 unspecified atom stereocenters. The molecular formula is C21H15ClN6O. The smallest absolute Gasteiger partial charge is 0.192 e. The minimum absolute atomic E-state index is 0.229. The van der Waals surface area contributed by atoms with Gasteiger partial charge < -0.3 is 10.1 Å². The highest BCUT2D eigenvalue weighted by atomic mass is 35.5. The van der Waals surface area contributed by atoms with E-state index in [9.17, 15) is 0 Å². The zero-order chi connectivity index (χ0) is 19.6. The Morgan fingerprint density at radius 2 is 1.93 bits per heavy atom. The predicted molar refractivity (Wildman–Crippen MR) is 112 cm³/mol. The van der Waals surface area contributed by atoms with Crippen LogP contribution < -0.4 is 10.1 Å². The molecule has 0 radical (unpaired) electrons. The zero-order valence-electron chi connectivity index (χ0n) is 15.2. The molecule has 5 aromatic rings. The third-order valence-corrected chi connectivity index (χ3v) is 4.60. The molecule has 0 atom stereocenters. The first-order valence-corrected chi connectivity index (χ1v) is 9.34. The summed E-state index contributed by atoms with van der Waals surface area (Å²) in [5.74, 6) is 1.95. The number of benzene rings is 2. The number of halogens is 1. The van der Waals surface area contributed by atoms with E-state index in [4.69, 9.17) is 16.3 Å². The second-order valence-corrected chi connectivity index (χ2v) is 6.82. The number of hydrogen-bond donors (Lipinski definition) is 1. The monoisotopic (exact) mass is 402 g/mol. The van der Waals surface area contributed by atoms with E-state index in [0.717, 1.165) is 16.6 Å². The molecule has 29 heavy (non-hydrogen) atoms. The van der Waals surface area contributed by atoms with Gasteiger partial charge in [-0.15, -0.1) is 15.3 Å². The van der Waals surface area contributed by atoms with Crippen LogP contribution in [-0.2, 0) is 6.61 Å². The summed E-state index contributed by atoms with van der Waals surface area (Å²) in [4.78, 5) is 4.35. The minimum Gasteiger partial charge on any atom is -0.485 e. The highest BCUT2D eigenvalue weighted by molar-refractivity contribution is 6.30. The van der Waals surface area contributed by atoms with E-state index in [1.165, 1.54) is 0 Å². The molecule has 3 aromatic heterocycles. The zero-order valence-corrected chi connectivity index (χ0v) is 15.9. The van der Waals surface area contributed by atoms with E-state index in [2.05, 4.69) is 25.6 Å². The molecule has 0 saturated carbocycles. The van der Waals surface area contributed by atoms with Crippen LogP contribution in [0.3, 0.4) is 0 Å². The van der Waals surface area contributed by atoms with E-state index in [0.29, 0.717) is 28.1 Å². The predicted octanol–water partition coefficient (Wildman–Crippen LogP) is 4.65. The van der Waals surface area contributed by atoms with Crippen molar-refractivity contribution in [3.63, 3.8) is 0 Å². The van der Waals surface area contributed by atoms with Gasteiger partial charge in [0.2, 0.25) is 0 Å². The van der Waals surface area contributed by atoms with Crippen molar-refractivity contribution in [1.29, 1.82) is 0 Å². The average molecular weight is 403 g/mol. The molecular weight excluding hydrogens is 388 g/mol. The van der Waals surface area contributed by atoms with E-state index in [1.807, 2.05) is 66.7 Å². The second-order valence-electron chi connectivity index (χ2n) is 6.39. The summed E-state index contributed by atoms with van der Waals surface area (Å²) in [6, 6.07) is 20.8. The minimum atomic E-state index is 0.229. The van der Waals surface area contributed by atoms with Crippen molar-refractivity contribution in [3.8, 4) is 5.75 Å². The first-order valence-electron chi connectivity index (χ1n) is 8.96. The standard InChI is InChI=1S/C21H15ClN6O/c22-15-4-1-5-16(11-15)24-19-8-9-20-25-26-21(28(20)27-19)13-29-17-7-6-14-3-2-10-23-18(14)12-17/h1-12H,13H2,(H,24,27). The summed E-state index contributed by atoms with van der Waals surface area (Å²) in [6.45, 7) is 0.229. The lowest BCUT2D eigenvalue weighted by Crippen LogP contribution is -2.05. The fraction of sp³-hybridized carbons (Fsp3) is 0.0476. The molecule has 142 valence electrons. The lowest BCUT2D eigenvalue weighted by atomic mass is 10.2. The number of aromatic nitrogens is 5. The normalized spacial score (nSPS) is 11.1. The molecule has 1 N–H and O–H groups in total. The quantitative estimate of drug-likeness (QED) is 0.461. The van der Waals surface area contributed by atoms with Gasteiger partial charge in [0, 0.05) is 28.4 Å². The van der Waals surface area contributed by atoms with Crippen molar-refractivity contribution in [2.24, 2.45) is 0 Å². The third kappa shape index (κ3) is 3.68. The molecule has 0 aliphatic heterocycles. The summed E-state index contributed by atoms with van der Waals surface area (Å²) >= 11 is 6.04. The van der Waals surface area contributed by atoms with Crippen molar-refractivity contribution in [3.05, 3.63) is 83.8 Å². The van der Waals surface area contributed by atoms with Gasteiger partial charge in [-0.1, -0.05) is 23.7 Å². The van der Waals surface area contributed by atoms with Gasteiger partial charge in [-0.3, -0.25) is 4.98 Å². The summed E-state index contributed by atoms with van der Waals surface area (Å²) in [7, 11) is 0. The highest BCUT2D eigenvalue weighted by Crippen LogP contribution is 2.21. The number of fused-ring (bicyclic) bond motifs is 2. The van der Waals surface area contributed by atoms with Crippen LogP contribution in [0.25, 0.3) is 16.6 Å². The Balaban J connectivity index is 1.38. The molecule has 0 amide bonds. The van der Waals surface area contributed by atoms with Gasteiger partial charge in [-0.2, -0.15) is 4.52 Å². The Kier molecular flexibility index (Phi) is 4.42. The summed E-state index contributed by atoms with van der Waals surface area (Å²) in [5, 5.41) is 17.9. The first kappa shape index (κ1) is 17.4. The SMILES string of the molecule is Clc1cccc(Nc2ccc3nnc(COc4ccc5cccnc5c4)n3n2)c1. The van der Waals surface area contributed by atoms with E-state index in [-0.39, 0.29) is 6.61 Å². The molecule has 0 fully saturated rings. The Morgan fingerprint density at radius 3 is 2.86 bits per heavy atom. The number of anilines is 2. The van der Waals surface area contributed by atoms with Gasteiger partial charge in [-0.05, 0) is 48.5 Å². The molecule has 0 bridgehead atoms. The fourth-order valence-electron chi connectivity index (χ4n) is 2.99. The second kappa shape index (κ2) is 7.37. The molecule has 0 aliphatic carbocycles. The lowest BCUT2D eigenvalue weighted by molar-refractivity contribution is 0.293. The number of ether oxygens (including phenoxy) is 1. The van der Waals surface area contributed by atoms with Crippen molar-refractivity contribution >= 4 is 39.7 Å². The highest BCUT2D eigenvalue weighted by Gasteiger charge is 2.09. The van der Waals surface area contributed by atoms with Gasteiger partial charge in [0.25, 0.3) is 0 Å². The summed E-state index contributed by atoms with van der Waals surface area (Å²) in [6.07, 6.45) is 1.76. The topological polar surface area (TPSA) is 77.2 Å². The van der Waals surface area contributed by atoms with Gasteiger partial charge in [0.05, 0.1) is 5.52 Å². The maximum atomic E-state index is 6.04. The van der Waals surface area contributed by atoms with Crippen molar-refractivity contribution in [1.82, 2.24) is 24.8 Å².